The maximum absolute atomic E-state index is 11.7. The average molecular weight is 375 g/mol. The molecule has 0 aromatic heterocycles. The second-order valence-corrected chi connectivity index (χ2v) is 7.96. The Bertz CT molecular complexity index is 365. The Morgan fingerprint density at radius 1 is 0.846 bits per heavy atom. The first kappa shape index (κ1) is 23.5. The van der Waals surface area contributed by atoms with Crippen molar-refractivity contribution >= 4 is 5.78 Å². The molecule has 0 radical (unpaired) electrons. The fourth-order valence-corrected chi connectivity index (χ4v) is 2.84. The zero-order valence-corrected chi connectivity index (χ0v) is 16.9. The van der Waals surface area contributed by atoms with Crippen molar-refractivity contribution in [2.45, 2.75) is 27.2 Å². The molecule has 0 aliphatic carbocycles. The third kappa shape index (κ3) is 12.7. The fraction of sp³-hybridized carbons (Fsp3) is 0.947. The lowest BCUT2D eigenvalue weighted by molar-refractivity contribution is -0.125. The fourth-order valence-electron chi connectivity index (χ4n) is 2.84. The summed E-state index contributed by atoms with van der Waals surface area (Å²) in [4.78, 5) is 16.5. The van der Waals surface area contributed by atoms with Crippen molar-refractivity contribution < 1.29 is 24.1 Å². The Balaban J connectivity index is 1.91. The van der Waals surface area contributed by atoms with Crippen LogP contribution in [0.1, 0.15) is 27.2 Å². The van der Waals surface area contributed by atoms with Crippen LogP contribution in [0.25, 0.3) is 0 Å². The summed E-state index contributed by atoms with van der Waals surface area (Å²) >= 11 is 0. The van der Waals surface area contributed by atoms with Crippen LogP contribution in [0.15, 0.2) is 0 Å². The zero-order valence-electron chi connectivity index (χ0n) is 16.9. The van der Waals surface area contributed by atoms with Crippen molar-refractivity contribution in [2.24, 2.45) is 5.41 Å². The Morgan fingerprint density at radius 3 is 1.85 bits per heavy atom. The van der Waals surface area contributed by atoms with Crippen LogP contribution in [0.5, 0.6) is 0 Å². The molecule has 0 atom stereocenters. The summed E-state index contributed by atoms with van der Waals surface area (Å²) in [7, 11) is 0. The molecule has 7 nitrogen and oxygen atoms in total. The summed E-state index contributed by atoms with van der Waals surface area (Å²) < 4.78 is 16.3. The highest BCUT2D eigenvalue weighted by atomic mass is 16.5. The van der Waals surface area contributed by atoms with Gasteiger partial charge >= 0.3 is 0 Å². The van der Waals surface area contributed by atoms with E-state index in [2.05, 4.69) is 30.6 Å². The average Bonchev–Trinajstić information content (AvgIpc) is 2.57. The number of hydrogen-bond acceptors (Lipinski definition) is 7. The molecule has 1 saturated heterocycles. The summed E-state index contributed by atoms with van der Waals surface area (Å²) in [6.07, 6.45) is 0.549. The maximum Gasteiger partial charge on any atom is 0.158 e. The van der Waals surface area contributed by atoms with Crippen molar-refractivity contribution in [2.75, 3.05) is 85.5 Å². The minimum absolute atomic E-state index is 0.0212. The molecule has 154 valence electrons. The number of aliphatic hydroxyl groups is 1. The van der Waals surface area contributed by atoms with Gasteiger partial charge in [-0.1, -0.05) is 20.8 Å². The second-order valence-electron chi connectivity index (χ2n) is 7.96. The van der Waals surface area contributed by atoms with Gasteiger partial charge in [0.15, 0.2) is 5.78 Å². The normalized spacial score (nSPS) is 16.9. The van der Waals surface area contributed by atoms with Crippen molar-refractivity contribution in [3.8, 4) is 0 Å². The third-order valence-corrected chi connectivity index (χ3v) is 4.17. The van der Waals surface area contributed by atoms with Gasteiger partial charge in [0.2, 0.25) is 0 Å². The summed E-state index contributed by atoms with van der Waals surface area (Å²) in [5.41, 5.74) is 0.0212. The Hall–Kier alpha value is -0.570. The zero-order chi connectivity index (χ0) is 19.3. The topological polar surface area (TPSA) is 71.5 Å². The molecule has 1 N–H and O–H groups in total. The summed E-state index contributed by atoms with van der Waals surface area (Å²) in [6.45, 7) is 15.3. The lowest BCUT2D eigenvalue weighted by atomic mass is 9.90. The standard InChI is InChI=1S/C19H38N2O5/c1-19(2,3)16-18(23)17-26-15-14-25-12-9-21-6-4-20(5-7-21)8-11-24-13-10-22/h22H,4-17H2,1-3H3. The van der Waals surface area contributed by atoms with Gasteiger partial charge in [-0.15, -0.1) is 0 Å². The van der Waals surface area contributed by atoms with Crippen LogP contribution in [-0.2, 0) is 19.0 Å². The first-order valence-electron chi connectivity index (χ1n) is 9.71. The number of ketones is 1. The minimum Gasteiger partial charge on any atom is -0.394 e. The van der Waals surface area contributed by atoms with E-state index in [1.54, 1.807) is 0 Å². The molecule has 1 aliphatic rings. The van der Waals surface area contributed by atoms with Gasteiger partial charge in [-0.3, -0.25) is 14.6 Å². The first-order chi connectivity index (χ1) is 12.4. The number of carbonyl (C=O) groups is 1. The monoisotopic (exact) mass is 374 g/mol. The Labute approximate surface area is 158 Å². The lowest BCUT2D eigenvalue weighted by Gasteiger charge is -2.34. The highest BCUT2D eigenvalue weighted by Gasteiger charge is 2.17. The van der Waals surface area contributed by atoms with Crippen molar-refractivity contribution in [1.29, 1.82) is 0 Å². The van der Waals surface area contributed by atoms with Gasteiger partial charge in [-0.2, -0.15) is 0 Å². The van der Waals surface area contributed by atoms with E-state index in [0.717, 1.165) is 39.3 Å². The van der Waals surface area contributed by atoms with Gasteiger partial charge in [0.05, 0.1) is 39.6 Å². The molecule has 7 heteroatoms. The number of rotatable bonds is 14. The second kappa shape index (κ2) is 13.6. The molecule has 1 aliphatic heterocycles. The van der Waals surface area contributed by atoms with Crippen molar-refractivity contribution in [1.82, 2.24) is 9.80 Å². The maximum atomic E-state index is 11.7. The predicted molar refractivity (Wildman–Crippen MR) is 102 cm³/mol. The molecular weight excluding hydrogens is 336 g/mol. The predicted octanol–water partition coefficient (Wildman–Crippen LogP) is 0.651. The number of piperazine rings is 1. The number of carbonyl (C=O) groups excluding carboxylic acids is 1. The van der Waals surface area contributed by atoms with Gasteiger partial charge in [0.1, 0.15) is 6.61 Å². The largest absolute Gasteiger partial charge is 0.394 e. The molecule has 0 bridgehead atoms. The lowest BCUT2D eigenvalue weighted by Crippen LogP contribution is -2.48. The molecule has 0 unspecified atom stereocenters. The molecule has 1 heterocycles. The van der Waals surface area contributed by atoms with E-state index in [0.29, 0.717) is 39.5 Å². The van der Waals surface area contributed by atoms with E-state index >= 15 is 0 Å². The van der Waals surface area contributed by atoms with E-state index < -0.39 is 0 Å². The van der Waals surface area contributed by atoms with Crippen LogP contribution in [0.3, 0.4) is 0 Å². The molecule has 0 saturated carbocycles. The van der Waals surface area contributed by atoms with E-state index in [9.17, 15) is 4.79 Å². The van der Waals surface area contributed by atoms with Crippen molar-refractivity contribution in [3.05, 3.63) is 0 Å². The highest BCUT2D eigenvalue weighted by molar-refractivity contribution is 5.80. The van der Waals surface area contributed by atoms with Crippen LogP contribution in [0, 0.1) is 5.41 Å². The summed E-state index contributed by atoms with van der Waals surface area (Å²) in [6, 6.07) is 0. The molecule has 0 amide bonds. The molecule has 1 rings (SSSR count). The third-order valence-electron chi connectivity index (χ3n) is 4.17. The van der Waals surface area contributed by atoms with E-state index in [-0.39, 0.29) is 24.4 Å². The highest BCUT2D eigenvalue weighted by Crippen LogP contribution is 2.18. The van der Waals surface area contributed by atoms with E-state index in [4.69, 9.17) is 19.3 Å². The van der Waals surface area contributed by atoms with E-state index in [1.807, 2.05) is 0 Å². The minimum atomic E-state index is 0.0212. The quantitative estimate of drug-likeness (QED) is 0.448. The van der Waals surface area contributed by atoms with Gasteiger partial charge in [0, 0.05) is 45.7 Å². The molecule has 0 aromatic rings. The van der Waals surface area contributed by atoms with E-state index in [1.165, 1.54) is 0 Å². The number of ether oxygens (including phenoxy) is 3. The number of nitrogens with zero attached hydrogens (tertiary/aromatic N) is 2. The van der Waals surface area contributed by atoms with Crippen LogP contribution in [-0.4, -0.2) is 106 Å². The van der Waals surface area contributed by atoms with Crippen LogP contribution in [0.2, 0.25) is 0 Å². The first-order valence-corrected chi connectivity index (χ1v) is 9.71. The molecule has 0 spiro atoms. The van der Waals surface area contributed by atoms with Gasteiger partial charge in [0.25, 0.3) is 0 Å². The van der Waals surface area contributed by atoms with Crippen molar-refractivity contribution in [3.63, 3.8) is 0 Å². The summed E-state index contributed by atoms with van der Waals surface area (Å²) in [5, 5.41) is 8.67. The smallest absolute Gasteiger partial charge is 0.158 e. The van der Waals surface area contributed by atoms with Crippen LogP contribution in [0.4, 0.5) is 0 Å². The molecular formula is C19H38N2O5. The molecule has 0 aromatic carbocycles. The number of Topliss-reactive ketones (excluding diaryl/α,β-unsaturated/α-hetero) is 1. The Kier molecular flexibility index (Phi) is 12.3. The number of aliphatic hydroxyl groups excluding tert-OH is 1. The Morgan fingerprint density at radius 2 is 1.35 bits per heavy atom. The van der Waals surface area contributed by atoms with Gasteiger partial charge in [-0.25, -0.2) is 0 Å². The molecule has 1 fully saturated rings. The van der Waals surface area contributed by atoms with Crippen LogP contribution < -0.4 is 0 Å². The van der Waals surface area contributed by atoms with Crippen LogP contribution >= 0.6 is 0 Å². The number of hydrogen-bond donors (Lipinski definition) is 1. The SMILES string of the molecule is CC(C)(C)CC(=O)COCCOCCN1CCN(CCOCCO)CC1. The molecule has 26 heavy (non-hydrogen) atoms. The summed E-state index contributed by atoms with van der Waals surface area (Å²) in [5.74, 6) is 0.150. The van der Waals surface area contributed by atoms with Gasteiger partial charge in [-0.05, 0) is 5.41 Å². The van der Waals surface area contributed by atoms with Gasteiger partial charge < -0.3 is 19.3 Å².